The third-order valence-corrected chi connectivity index (χ3v) is 5.85. The van der Waals surface area contributed by atoms with E-state index < -0.39 is 0 Å². The molecule has 1 fully saturated rings. The molecule has 0 unspecified atom stereocenters. The summed E-state index contributed by atoms with van der Waals surface area (Å²) in [4.78, 5) is 19.1. The van der Waals surface area contributed by atoms with E-state index in [1.807, 2.05) is 53.4 Å². The molecule has 7 heteroatoms. The van der Waals surface area contributed by atoms with Gasteiger partial charge in [-0.3, -0.25) is 15.2 Å². The van der Waals surface area contributed by atoms with Crippen LogP contribution < -0.4 is 5.32 Å². The molecule has 152 valence electrons. The first-order chi connectivity index (χ1) is 14.6. The second-order valence-electron chi connectivity index (χ2n) is 6.89. The van der Waals surface area contributed by atoms with Crippen LogP contribution in [0.1, 0.15) is 15.9 Å². The number of amides is 1. The van der Waals surface area contributed by atoms with Gasteiger partial charge < -0.3 is 15.0 Å². The van der Waals surface area contributed by atoms with Crippen molar-refractivity contribution in [1.29, 1.82) is 5.41 Å². The van der Waals surface area contributed by atoms with Gasteiger partial charge >= 0.3 is 0 Å². The number of carbonyl (C=O) groups is 1. The molecule has 0 aliphatic carbocycles. The number of nitrogens with one attached hydrogen (secondary N) is 2. The van der Waals surface area contributed by atoms with E-state index in [4.69, 9.17) is 10.1 Å². The number of hydrogen-bond donors (Lipinski definition) is 2. The summed E-state index contributed by atoms with van der Waals surface area (Å²) < 4.78 is 6.41. The second-order valence-corrected chi connectivity index (χ2v) is 8.05. The van der Waals surface area contributed by atoms with E-state index >= 15 is 0 Å². The van der Waals surface area contributed by atoms with Gasteiger partial charge in [0.2, 0.25) is 0 Å². The molecule has 1 saturated heterocycles. The van der Waals surface area contributed by atoms with E-state index in [-0.39, 0.29) is 5.91 Å². The number of carbonyl (C=O) groups excluding carboxylic acids is 1. The van der Waals surface area contributed by atoms with Crippen molar-refractivity contribution in [3.63, 3.8) is 0 Å². The van der Waals surface area contributed by atoms with Gasteiger partial charge in [0.15, 0.2) is 0 Å². The monoisotopic (exact) mass is 512 g/mol. The highest BCUT2D eigenvalue weighted by Gasteiger charge is 2.16. The van der Waals surface area contributed by atoms with Gasteiger partial charge in [0, 0.05) is 45.2 Å². The van der Waals surface area contributed by atoms with E-state index in [0.717, 1.165) is 20.4 Å². The third kappa shape index (κ3) is 4.68. The van der Waals surface area contributed by atoms with Crippen LogP contribution in [0.2, 0.25) is 0 Å². The summed E-state index contributed by atoms with van der Waals surface area (Å²) in [5, 5.41) is 11.3. The summed E-state index contributed by atoms with van der Waals surface area (Å²) in [6.45, 7) is 2.71. The van der Waals surface area contributed by atoms with Gasteiger partial charge in [0.1, 0.15) is 5.84 Å². The first-order valence-electron chi connectivity index (χ1n) is 9.66. The Hall–Kier alpha value is -2.78. The van der Waals surface area contributed by atoms with Crippen LogP contribution in [0.4, 0.5) is 5.69 Å². The highest BCUT2D eigenvalue weighted by molar-refractivity contribution is 14.1. The van der Waals surface area contributed by atoms with Crippen LogP contribution in [0.25, 0.3) is 11.3 Å². The lowest BCUT2D eigenvalue weighted by atomic mass is 10.1. The fourth-order valence-electron chi connectivity index (χ4n) is 3.27. The minimum Gasteiger partial charge on any atom is -0.378 e. The molecule has 0 radical (unpaired) electrons. The number of pyridine rings is 1. The minimum absolute atomic E-state index is 0.187. The number of hydrogen-bond acceptors (Lipinski definition) is 4. The van der Waals surface area contributed by atoms with E-state index in [1.165, 1.54) is 0 Å². The van der Waals surface area contributed by atoms with Crippen LogP contribution >= 0.6 is 22.6 Å². The summed E-state index contributed by atoms with van der Waals surface area (Å²) in [5.41, 5.74) is 3.89. The molecule has 0 saturated carbocycles. The van der Waals surface area contributed by atoms with Crippen LogP contribution in [0.5, 0.6) is 0 Å². The number of morpholine rings is 1. The molecule has 30 heavy (non-hydrogen) atoms. The standard InChI is InChI=1S/C23H21IN4O2/c24-20-9-8-18(15-19(20)21-3-1-2-10-26-21)27-23(29)17-6-4-16(5-7-17)22(25)28-11-13-30-14-12-28/h1-10,15,25H,11-14H2,(H,27,29). The number of aromatic nitrogens is 1. The van der Waals surface area contributed by atoms with E-state index in [0.29, 0.717) is 43.4 Å². The fraction of sp³-hybridized carbons (Fsp3) is 0.174. The molecule has 0 bridgehead atoms. The maximum atomic E-state index is 12.7. The van der Waals surface area contributed by atoms with Gasteiger partial charge in [-0.05, 0) is 65.1 Å². The van der Waals surface area contributed by atoms with Crippen molar-refractivity contribution in [1.82, 2.24) is 9.88 Å². The van der Waals surface area contributed by atoms with Crippen LogP contribution in [0.15, 0.2) is 66.9 Å². The predicted octanol–water partition coefficient (Wildman–Crippen LogP) is 4.26. The number of rotatable bonds is 4. The largest absolute Gasteiger partial charge is 0.378 e. The molecule has 0 atom stereocenters. The molecule has 3 aromatic rings. The number of benzene rings is 2. The summed E-state index contributed by atoms with van der Waals surface area (Å²) in [6.07, 6.45) is 1.76. The molecule has 1 aliphatic heterocycles. The van der Waals surface area contributed by atoms with E-state index in [9.17, 15) is 4.79 Å². The van der Waals surface area contributed by atoms with Gasteiger partial charge in [0.25, 0.3) is 5.91 Å². The maximum Gasteiger partial charge on any atom is 0.255 e. The molecule has 1 aromatic heterocycles. The quantitative estimate of drug-likeness (QED) is 0.311. The molecular weight excluding hydrogens is 491 g/mol. The zero-order chi connectivity index (χ0) is 20.9. The van der Waals surface area contributed by atoms with Gasteiger partial charge in [0.05, 0.1) is 18.9 Å². The van der Waals surface area contributed by atoms with Gasteiger partial charge in [-0.15, -0.1) is 0 Å². The number of nitrogens with zero attached hydrogens (tertiary/aromatic N) is 2. The Morgan fingerprint density at radius 3 is 2.47 bits per heavy atom. The Kier molecular flexibility index (Phi) is 6.39. The van der Waals surface area contributed by atoms with Crippen molar-refractivity contribution in [2.45, 2.75) is 0 Å². The second kappa shape index (κ2) is 9.36. The third-order valence-electron chi connectivity index (χ3n) is 4.91. The fourth-order valence-corrected chi connectivity index (χ4v) is 3.89. The van der Waals surface area contributed by atoms with Crippen molar-refractivity contribution in [3.8, 4) is 11.3 Å². The van der Waals surface area contributed by atoms with Crippen LogP contribution in [-0.4, -0.2) is 47.9 Å². The molecule has 2 N–H and O–H groups in total. The van der Waals surface area contributed by atoms with Crippen LogP contribution in [0.3, 0.4) is 0 Å². The number of halogens is 1. The normalized spacial score (nSPS) is 13.7. The lowest BCUT2D eigenvalue weighted by Gasteiger charge is -2.29. The van der Waals surface area contributed by atoms with E-state index in [1.54, 1.807) is 18.3 Å². The summed E-state index contributed by atoms with van der Waals surface area (Å²) in [7, 11) is 0. The minimum atomic E-state index is -0.187. The van der Waals surface area contributed by atoms with Crippen LogP contribution in [-0.2, 0) is 4.74 Å². The Balaban J connectivity index is 1.47. The Morgan fingerprint density at radius 2 is 1.77 bits per heavy atom. The molecule has 1 aliphatic rings. The summed E-state index contributed by atoms with van der Waals surface area (Å²) in [5.74, 6) is 0.274. The van der Waals surface area contributed by atoms with Crippen molar-refractivity contribution in [3.05, 3.63) is 81.6 Å². The van der Waals surface area contributed by atoms with Crippen molar-refractivity contribution >= 4 is 40.0 Å². The molecule has 2 heterocycles. The first kappa shape index (κ1) is 20.5. The number of amidine groups is 1. The van der Waals surface area contributed by atoms with Gasteiger partial charge in [-0.1, -0.05) is 18.2 Å². The first-order valence-corrected chi connectivity index (χ1v) is 10.7. The summed E-state index contributed by atoms with van der Waals surface area (Å²) in [6, 6.07) is 18.7. The van der Waals surface area contributed by atoms with Crippen LogP contribution in [0, 0.1) is 8.98 Å². The topological polar surface area (TPSA) is 78.3 Å². The Bertz CT molecular complexity index is 1050. The average molecular weight is 512 g/mol. The number of anilines is 1. The Morgan fingerprint density at radius 1 is 1.03 bits per heavy atom. The predicted molar refractivity (Wildman–Crippen MR) is 126 cm³/mol. The molecule has 6 nitrogen and oxygen atoms in total. The highest BCUT2D eigenvalue weighted by atomic mass is 127. The van der Waals surface area contributed by atoms with Crippen molar-refractivity contribution < 1.29 is 9.53 Å². The molecule has 2 aromatic carbocycles. The zero-order valence-corrected chi connectivity index (χ0v) is 18.4. The smallest absolute Gasteiger partial charge is 0.255 e. The van der Waals surface area contributed by atoms with Crippen molar-refractivity contribution in [2.24, 2.45) is 0 Å². The average Bonchev–Trinajstić information content (AvgIpc) is 2.81. The highest BCUT2D eigenvalue weighted by Crippen LogP contribution is 2.27. The van der Waals surface area contributed by atoms with Gasteiger partial charge in [-0.2, -0.15) is 0 Å². The lowest BCUT2D eigenvalue weighted by molar-refractivity contribution is 0.0680. The zero-order valence-electron chi connectivity index (χ0n) is 16.3. The van der Waals surface area contributed by atoms with Crippen molar-refractivity contribution in [2.75, 3.05) is 31.6 Å². The van der Waals surface area contributed by atoms with Gasteiger partial charge in [-0.25, -0.2) is 0 Å². The number of ether oxygens (including phenoxy) is 1. The SMILES string of the molecule is N=C(c1ccc(C(=O)Nc2ccc(I)c(-c3ccccn3)c2)cc1)N1CCOCC1. The lowest BCUT2D eigenvalue weighted by Crippen LogP contribution is -2.40. The Labute approximate surface area is 188 Å². The molecule has 4 rings (SSSR count). The maximum absolute atomic E-state index is 12.7. The summed E-state index contributed by atoms with van der Waals surface area (Å²) >= 11 is 2.27. The van der Waals surface area contributed by atoms with E-state index in [2.05, 4.69) is 32.9 Å². The molecular formula is C23H21IN4O2. The molecule has 1 amide bonds. The molecule has 0 spiro atoms.